The molecule has 1 rings (SSSR count). The Morgan fingerprint density at radius 3 is 2.62 bits per heavy atom. The van der Waals surface area contributed by atoms with Crippen LogP contribution in [0.1, 0.15) is 32.6 Å². The van der Waals surface area contributed by atoms with E-state index in [1.165, 1.54) is 0 Å². The minimum Gasteiger partial charge on any atom is -0.465 e. The molecule has 16 heavy (non-hydrogen) atoms. The lowest BCUT2D eigenvalue weighted by atomic mass is 9.75. The van der Waals surface area contributed by atoms with E-state index in [1.54, 1.807) is 12.9 Å². The molecule has 0 spiro atoms. The molecular formula is C12H15NO3. The number of hydrogen-bond acceptors (Lipinski definition) is 4. The average molecular weight is 221 g/mol. The normalized spacial score (nSPS) is 19.2. The van der Waals surface area contributed by atoms with Crippen LogP contribution in [-0.2, 0) is 14.3 Å². The van der Waals surface area contributed by atoms with Gasteiger partial charge in [0.25, 0.3) is 0 Å². The van der Waals surface area contributed by atoms with Gasteiger partial charge in [-0.15, -0.1) is 0 Å². The van der Waals surface area contributed by atoms with Crippen molar-refractivity contribution in [3.8, 4) is 6.07 Å². The van der Waals surface area contributed by atoms with Crippen molar-refractivity contribution in [1.82, 2.24) is 0 Å². The van der Waals surface area contributed by atoms with Crippen molar-refractivity contribution >= 4 is 11.9 Å². The van der Waals surface area contributed by atoms with Gasteiger partial charge in [0, 0.05) is 6.08 Å². The van der Waals surface area contributed by atoms with Crippen LogP contribution in [-0.4, -0.2) is 18.5 Å². The fraction of sp³-hybridized carbons (Fsp3) is 0.667. The average Bonchev–Trinajstić information content (AvgIpc) is 2.80. The molecule has 0 aliphatic heterocycles. The third kappa shape index (κ3) is 2.15. The Labute approximate surface area is 94.9 Å². The molecule has 0 heterocycles. The smallest absolute Gasteiger partial charge is 0.331 e. The van der Waals surface area contributed by atoms with Gasteiger partial charge in [-0.2, -0.15) is 5.26 Å². The summed E-state index contributed by atoms with van der Waals surface area (Å²) in [6, 6.07) is 1.95. The second kappa shape index (κ2) is 5.48. The number of carbonyl (C=O) groups excluding carboxylic acids is 2. The summed E-state index contributed by atoms with van der Waals surface area (Å²) in [7, 11) is 0. The summed E-state index contributed by atoms with van der Waals surface area (Å²) in [6.45, 7) is 1.89. The molecular weight excluding hydrogens is 206 g/mol. The molecule has 4 nitrogen and oxygen atoms in total. The molecule has 0 N–H and O–H groups in total. The van der Waals surface area contributed by atoms with E-state index in [1.807, 2.05) is 6.07 Å². The number of esters is 1. The molecule has 1 aliphatic rings. The molecule has 0 saturated heterocycles. The Bertz CT molecular complexity index is 346. The summed E-state index contributed by atoms with van der Waals surface area (Å²) in [4.78, 5) is 22.3. The third-order valence-corrected chi connectivity index (χ3v) is 3.08. The fourth-order valence-electron chi connectivity index (χ4n) is 2.24. The minimum atomic E-state index is -1.42. The predicted molar refractivity (Wildman–Crippen MR) is 56.9 cm³/mol. The molecule has 0 bridgehead atoms. The zero-order chi connectivity index (χ0) is 12.0. The first kappa shape index (κ1) is 12.5. The van der Waals surface area contributed by atoms with Gasteiger partial charge in [-0.25, -0.2) is 9.59 Å². The molecule has 1 aliphatic carbocycles. The van der Waals surface area contributed by atoms with E-state index >= 15 is 0 Å². The van der Waals surface area contributed by atoms with Crippen molar-refractivity contribution in [2.24, 2.45) is 11.3 Å². The summed E-state index contributed by atoms with van der Waals surface area (Å²) >= 11 is 0. The van der Waals surface area contributed by atoms with Crippen LogP contribution in [0, 0.1) is 22.7 Å². The fourth-order valence-corrected chi connectivity index (χ4v) is 2.24. The summed E-state index contributed by atoms with van der Waals surface area (Å²) < 4.78 is 4.89. The van der Waals surface area contributed by atoms with Crippen molar-refractivity contribution < 1.29 is 14.3 Å². The van der Waals surface area contributed by atoms with E-state index in [0.717, 1.165) is 31.8 Å². The molecule has 1 unspecified atom stereocenters. The molecule has 1 fully saturated rings. The van der Waals surface area contributed by atoms with E-state index in [2.05, 4.69) is 0 Å². The highest BCUT2D eigenvalue weighted by molar-refractivity contribution is 5.85. The zero-order valence-corrected chi connectivity index (χ0v) is 9.36. The molecule has 0 aromatic rings. The largest absolute Gasteiger partial charge is 0.465 e. The summed E-state index contributed by atoms with van der Waals surface area (Å²) in [5.74, 6) is 0.847. The molecule has 0 aromatic heterocycles. The number of hydrogen-bond donors (Lipinski definition) is 0. The van der Waals surface area contributed by atoms with Crippen molar-refractivity contribution in [2.75, 3.05) is 6.61 Å². The molecule has 4 heteroatoms. The van der Waals surface area contributed by atoms with Crippen molar-refractivity contribution in [3.63, 3.8) is 0 Å². The van der Waals surface area contributed by atoms with Crippen LogP contribution < -0.4 is 0 Å². The SMILES string of the molecule is CCOC(=O)C(C#N)(C=C=O)C1CCCC1. The van der Waals surface area contributed by atoms with Crippen LogP contribution in [0.5, 0.6) is 0 Å². The maximum absolute atomic E-state index is 11.8. The number of carbonyl (C=O) groups is 1. The van der Waals surface area contributed by atoms with Crippen LogP contribution >= 0.6 is 0 Å². The number of ether oxygens (including phenoxy) is 1. The van der Waals surface area contributed by atoms with Gasteiger partial charge in [0.1, 0.15) is 5.94 Å². The van der Waals surface area contributed by atoms with Crippen LogP contribution in [0.25, 0.3) is 0 Å². The van der Waals surface area contributed by atoms with Crippen LogP contribution in [0.3, 0.4) is 0 Å². The lowest BCUT2D eigenvalue weighted by Gasteiger charge is -2.25. The van der Waals surface area contributed by atoms with E-state index < -0.39 is 11.4 Å². The lowest BCUT2D eigenvalue weighted by molar-refractivity contribution is -0.151. The summed E-state index contributed by atoms with van der Waals surface area (Å²) in [5, 5.41) is 9.20. The predicted octanol–water partition coefficient (Wildman–Crippen LogP) is 1.64. The Kier molecular flexibility index (Phi) is 4.28. The Morgan fingerprint density at radius 2 is 2.19 bits per heavy atom. The van der Waals surface area contributed by atoms with Crippen LogP contribution in [0.2, 0.25) is 0 Å². The standard InChI is InChI=1S/C12H15NO3/c1-2-16-11(15)12(9-13,7-8-14)10-5-3-4-6-10/h7,10H,2-6H2,1H3. The van der Waals surface area contributed by atoms with Gasteiger partial charge in [-0.1, -0.05) is 12.8 Å². The number of nitriles is 1. The molecule has 0 amide bonds. The van der Waals surface area contributed by atoms with Gasteiger partial charge in [-0.3, -0.25) is 0 Å². The topological polar surface area (TPSA) is 67.2 Å². The zero-order valence-electron chi connectivity index (χ0n) is 9.36. The Balaban J connectivity index is 3.03. The van der Waals surface area contributed by atoms with Gasteiger partial charge in [0.15, 0.2) is 5.41 Å². The van der Waals surface area contributed by atoms with E-state index in [-0.39, 0.29) is 12.5 Å². The first-order chi connectivity index (χ1) is 7.71. The van der Waals surface area contributed by atoms with Crippen LogP contribution in [0.4, 0.5) is 0 Å². The highest BCUT2D eigenvalue weighted by atomic mass is 16.5. The van der Waals surface area contributed by atoms with Gasteiger partial charge in [-0.05, 0) is 25.7 Å². The van der Waals surface area contributed by atoms with Gasteiger partial charge in [0.2, 0.25) is 0 Å². The maximum Gasteiger partial charge on any atom is 0.331 e. The first-order valence-corrected chi connectivity index (χ1v) is 5.51. The molecule has 86 valence electrons. The van der Waals surface area contributed by atoms with Gasteiger partial charge < -0.3 is 4.74 Å². The van der Waals surface area contributed by atoms with Crippen molar-refractivity contribution in [2.45, 2.75) is 32.6 Å². The number of rotatable bonds is 4. The highest BCUT2D eigenvalue weighted by Crippen LogP contribution is 2.41. The van der Waals surface area contributed by atoms with Gasteiger partial charge in [0.05, 0.1) is 12.7 Å². The number of nitrogens with zero attached hydrogens (tertiary/aromatic N) is 1. The molecule has 0 aromatic carbocycles. The maximum atomic E-state index is 11.8. The highest BCUT2D eigenvalue weighted by Gasteiger charge is 2.47. The van der Waals surface area contributed by atoms with Gasteiger partial charge >= 0.3 is 5.97 Å². The minimum absolute atomic E-state index is 0.113. The summed E-state index contributed by atoms with van der Waals surface area (Å²) in [5.41, 5.74) is -1.42. The first-order valence-electron chi connectivity index (χ1n) is 5.51. The lowest BCUT2D eigenvalue weighted by Crippen LogP contribution is -2.36. The second-order valence-electron chi connectivity index (χ2n) is 3.94. The molecule has 1 atom stereocenters. The quantitative estimate of drug-likeness (QED) is 0.534. The molecule has 1 saturated carbocycles. The Morgan fingerprint density at radius 1 is 1.56 bits per heavy atom. The third-order valence-electron chi connectivity index (χ3n) is 3.08. The van der Waals surface area contributed by atoms with E-state index in [4.69, 9.17) is 4.74 Å². The van der Waals surface area contributed by atoms with Crippen molar-refractivity contribution in [3.05, 3.63) is 6.08 Å². The van der Waals surface area contributed by atoms with Crippen molar-refractivity contribution in [1.29, 1.82) is 5.26 Å². The Hall–Kier alpha value is -1.59. The van der Waals surface area contributed by atoms with E-state index in [9.17, 15) is 14.9 Å². The second-order valence-corrected chi connectivity index (χ2v) is 3.94. The summed E-state index contributed by atoms with van der Waals surface area (Å²) in [6.07, 6.45) is 4.57. The van der Waals surface area contributed by atoms with Crippen LogP contribution in [0.15, 0.2) is 6.08 Å². The van der Waals surface area contributed by atoms with E-state index in [0.29, 0.717) is 0 Å². The monoisotopic (exact) mass is 221 g/mol. The molecule has 0 radical (unpaired) electrons.